The van der Waals surface area contributed by atoms with Gasteiger partial charge in [0.1, 0.15) is 0 Å². The Kier molecular flexibility index (Phi) is 5.98. The van der Waals surface area contributed by atoms with E-state index in [2.05, 4.69) is 5.32 Å². The Hall–Kier alpha value is -1.92. The van der Waals surface area contributed by atoms with Gasteiger partial charge in [0.25, 0.3) is 0 Å². The van der Waals surface area contributed by atoms with Crippen molar-refractivity contribution in [3.05, 3.63) is 35.9 Å². The summed E-state index contributed by atoms with van der Waals surface area (Å²) < 4.78 is 0. The Morgan fingerprint density at radius 1 is 1.26 bits per heavy atom. The zero-order valence-corrected chi connectivity index (χ0v) is 10.5. The molecular formula is C13H18N2O4. The molecule has 19 heavy (non-hydrogen) atoms. The number of carboxylic acid groups (broad SMARTS) is 1. The van der Waals surface area contributed by atoms with E-state index < -0.39 is 24.0 Å². The lowest BCUT2D eigenvalue weighted by molar-refractivity contribution is -0.137. The second-order valence-electron chi connectivity index (χ2n) is 4.19. The first-order valence-electron chi connectivity index (χ1n) is 5.98. The minimum atomic E-state index is -0.995. The Morgan fingerprint density at radius 2 is 1.89 bits per heavy atom. The molecule has 0 aliphatic rings. The van der Waals surface area contributed by atoms with Gasteiger partial charge < -0.3 is 21.3 Å². The van der Waals surface area contributed by atoms with Crippen LogP contribution in [-0.4, -0.2) is 34.7 Å². The minimum absolute atomic E-state index is 0.0636. The number of amides is 1. The van der Waals surface area contributed by atoms with Gasteiger partial charge in [-0.1, -0.05) is 30.3 Å². The average molecular weight is 266 g/mol. The number of carbonyl (C=O) groups excluding carboxylic acids is 1. The number of hydrogen-bond acceptors (Lipinski definition) is 4. The van der Waals surface area contributed by atoms with Crippen molar-refractivity contribution < 1.29 is 19.8 Å². The number of carboxylic acids is 1. The maximum Gasteiger partial charge on any atom is 0.303 e. The molecule has 1 unspecified atom stereocenters. The maximum absolute atomic E-state index is 11.8. The van der Waals surface area contributed by atoms with E-state index in [1.807, 2.05) is 6.07 Å². The molecular weight excluding hydrogens is 248 g/mol. The van der Waals surface area contributed by atoms with E-state index in [4.69, 9.17) is 10.8 Å². The number of hydrogen-bond donors (Lipinski definition) is 4. The summed E-state index contributed by atoms with van der Waals surface area (Å²) in [4.78, 5) is 22.2. The van der Waals surface area contributed by atoms with Gasteiger partial charge in [-0.15, -0.1) is 0 Å². The number of nitrogens with two attached hydrogens (primary N) is 1. The monoisotopic (exact) mass is 266 g/mol. The van der Waals surface area contributed by atoms with Crippen LogP contribution in [0.4, 0.5) is 0 Å². The predicted octanol–water partition coefficient (Wildman–Crippen LogP) is 0.0283. The van der Waals surface area contributed by atoms with Gasteiger partial charge in [0.05, 0.1) is 18.7 Å². The second-order valence-corrected chi connectivity index (χ2v) is 4.19. The predicted molar refractivity (Wildman–Crippen MR) is 69.3 cm³/mol. The first-order chi connectivity index (χ1) is 9.04. The number of aliphatic hydroxyl groups is 1. The topological polar surface area (TPSA) is 113 Å². The molecule has 0 spiro atoms. The van der Waals surface area contributed by atoms with Crippen molar-refractivity contribution >= 4 is 11.9 Å². The molecule has 0 saturated heterocycles. The van der Waals surface area contributed by atoms with Crippen molar-refractivity contribution in [1.82, 2.24) is 5.32 Å². The third-order valence-corrected chi connectivity index (χ3v) is 2.71. The van der Waals surface area contributed by atoms with Crippen molar-refractivity contribution in [1.29, 1.82) is 0 Å². The van der Waals surface area contributed by atoms with Crippen LogP contribution in [0.25, 0.3) is 0 Å². The van der Waals surface area contributed by atoms with Gasteiger partial charge in [0.2, 0.25) is 5.91 Å². The standard InChI is InChI=1S/C13H18N2O4/c14-10(6-7-12(17)18)13(19)15-11(8-16)9-4-2-1-3-5-9/h1-5,10-11,16H,6-8,14H2,(H,15,19)(H,17,18)/t10?,11-/m1/s1. The molecule has 0 aliphatic carbocycles. The largest absolute Gasteiger partial charge is 0.481 e. The molecule has 0 aromatic heterocycles. The molecule has 5 N–H and O–H groups in total. The molecule has 1 amide bonds. The lowest BCUT2D eigenvalue weighted by Gasteiger charge is -2.19. The summed E-state index contributed by atoms with van der Waals surface area (Å²) in [6, 6.07) is 7.56. The van der Waals surface area contributed by atoms with Crippen molar-refractivity contribution in [3.8, 4) is 0 Å². The van der Waals surface area contributed by atoms with E-state index in [9.17, 15) is 14.7 Å². The fourth-order valence-corrected chi connectivity index (χ4v) is 1.61. The molecule has 1 aromatic carbocycles. The highest BCUT2D eigenvalue weighted by molar-refractivity contribution is 5.82. The van der Waals surface area contributed by atoms with E-state index in [0.29, 0.717) is 0 Å². The van der Waals surface area contributed by atoms with Crippen LogP contribution in [0, 0.1) is 0 Å². The van der Waals surface area contributed by atoms with Crippen molar-refractivity contribution in [2.75, 3.05) is 6.61 Å². The molecule has 0 fully saturated rings. The normalized spacial score (nSPS) is 13.6. The summed E-state index contributed by atoms with van der Waals surface area (Å²) in [5.41, 5.74) is 6.36. The smallest absolute Gasteiger partial charge is 0.303 e. The molecule has 0 radical (unpaired) electrons. The SMILES string of the molecule is NC(CCC(=O)O)C(=O)N[C@H](CO)c1ccccc1. The van der Waals surface area contributed by atoms with E-state index in [0.717, 1.165) is 5.56 Å². The van der Waals surface area contributed by atoms with Crippen LogP contribution >= 0.6 is 0 Å². The first kappa shape index (κ1) is 15.1. The van der Waals surface area contributed by atoms with Gasteiger partial charge in [0.15, 0.2) is 0 Å². The number of aliphatic hydroxyl groups excluding tert-OH is 1. The Morgan fingerprint density at radius 3 is 2.42 bits per heavy atom. The Balaban J connectivity index is 2.56. The van der Waals surface area contributed by atoms with Gasteiger partial charge in [-0.3, -0.25) is 9.59 Å². The Labute approximate surface area is 111 Å². The highest BCUT2D eigenvalue weighted by Crippen LogP contribution is 2.11. The average Bonchev–Trinajstić information content (AvgIpc) is 2.42. The van der Waals surface area contributed by atoms with E-state index in [-0.39, 0.29) is 19.4 Å². The van der Waals surface area contributed by atoms with Crippen molar-refractivity contribution in [3.63, 3.8) is 0 Å². The highest BCUT2D eigenvalue weighted by Gasteiger charge is 2.19. The van der Waals surface area contributed by atoms with Crippen LogP contribution in [0.2, 0.25) is 0 Å². The van der Waals surface area contributed by atoms with Crippen molar-refractivity contribution in [2.24, 2.45) is 5.73 Å². The van der Waals surface area contributed by atoms with Gasteiger partial charge in [-0.05, 0) is 12.0 Å². The molecule has 0 aliphatic heterocycles. The van der Waals surface area contributed by atoms with Crippen LogP contribution in [0.3, 0.4) is 0 Å². The molecule has 104 valence electrons. The zero-order valence-electron chi connectivity index (χ0n) is 10.5. The van der Waals surface area contributed by atoms with Gasteiger partial charge in [-0.25, -0.2) is 0 Å². The third-order valence-electron chi connectivity index (χ3n) is 2.71. The molecule has 6 heteroatoms. The summed E-state index contributed by atoms with van der Waals surface area (Å²) in [6.07, 6.45) is -0.0994. The van der Waals surface area contributed by atoms with Crippen LogP contribution in [0.15, 0.2) is 30.3 Å². The van der Waals surface area contributed by atoms with Crippen LogP contribution in [0.1, 0.15) is 24.4 Å². The first-order valence-corrected chi connectivity index (χ1v) is 5.98. The quantitative estimate of drug-likeness (QED) is 0.556. The molecule has 1 rings (SSSR count). The lowest BCUT2D eigenvalue weighted by Crippen LogP contribution is -2.43. The number of benzene rings is 1. The highest BCUT2D eigenvalue weighted by atomic mass is 16.4. The molecule has 1 aromatic rings. The zero-order chi connectivity index (χ0) is 14.3. The minimum Gasteiger partial charge on any atom is -0.481 e. The van der Waals surface area contributed by atoms with Gasteiger partial charge >= 0.3 is 5.97 Å². The lowest BCUT2D eigenvalue weighted by atomic mass is 10.1. The van der Waals surface area contributed by atoms with E-state index in [1.54, 1.807) is 24.3 Å². The molecule has 0 heterocycles. The molecule has 6 nitrogen and oxygen atoms in total. The van der Waals surface area contributed by atoms with Crippen LogP contribution < -0.4 is 11.1 Å². The summed E-state index contributed by atoms with van der Waals surface area (Å²) in [5.74, 6) is -1.46. The fraction of sp³-hybridized carbons (Fsp3) is 0.385. The second kappa shape index (κ2) is 7.50. The summed E-state index contributed by atoms with van der Waals surface area (Å²) in [7, 11) is 0. The van der Waals surface area contributed by atoms with E-state index in [1.165, 1.54) is 0 Å². The van der Waals surface area contributed by atoms with Crippen molar-refractivity contribution in [2.45, 2.75) is 24.9 Å². The number of nitrogens with one attached hydrogen (secondary N) is 1. The number of aliphatic carboxylic acids is 1. The molecule has 0 bridgehead atoms. The third kappa shape index (κ3) is 5.07. The summed E-state index contributed by atoms with van der Waals surface area (Å²) in [5, 5.41) is 20.4. The summed E-state index contributed by atoms with van der Waals surface area (Å²) in [6.45, 7) is -0.249. The van der Waals surface area contributed by atoms with Gasteiger partial charge in [-0.2, -0.15) is 0 Å². The number of rotatable bonds is 7. The maximum atomic E-state index is 11.8. The number of carbonyl (C=O) groups is 2. The van der Waals surface area contributed by atoms with E-state index >= 15 is 0 Å². The molecule has 2 atom stereocenters. The molecule has 0 saturated carbocycles. The Bertz CT molecular complexity index is 422. The van der Waals surface area contributed by atoms with Crippen LogP contribution in [0.5, 0.6) is 0 Å². The van der Waals surface area contributed by atoms with Gasteiger partial charge in [0, 0.05) is 6.42 Å². The summed E-state index contributed by atoms with van der Waals surface area (Å²) >= 11 is 0. The fourth-order valence-electron chi connectivity index (χ4n) is 1.61. The van der Waals surface area contributed by atoms with Crippen LogP contribution in [-0.2, 0) is 9.59 Å².